The van der Waals surface area contributed by atoms with Crippen LogP contribution >= 0.6 is 23.2 Å². The van der Waals surface area contributed by atoms with Crippen molar-refractivity contribution in [3.05, 3.63) is 58.1 Å². The molecule has 0 aliphatic heterocycles. The van der Waals surface area contributed by atoms with Gasteiger partial charge in [0.2, 0.25) is 0 Å². The molecule has 0 aromatic heterocycles. The highest BCUT2D eigenvalue weighted by molar-refractivity contribution is 6.36. The first-order valence-corrected chi connectivity index (χ1v) is 7.68. The highest BCUT2D eigenvalue weighted by atomic mass is 35.5. The molecule has 3 N–H and O–H groups in total. The number of carbonyl (C=O) groups is 2. The van der Waals surface area contributed by atoms with Crippen molar-refractivity contribution in [2.24, 2.45) is 0 Å². The largest absolute Gasteiger partial charge is 0.495 e. The molecule has 24 heavy (non-hydrogen) atoms. The molecule has 2 amide bonds. The van der Waals surface area contributed by atoms with Crippen molar-refractivity contribution in [1.29, 1.82) is 0 Å². The molecule has 0 radical (unpaired) electrons. The molecule has 0 unspecified atom stereocenters. The van der Waals surface area contributed by atoms with Crippen LogP contribution in [0, 0.1) is 0 Å². The smallest absolute Gasteiger partial charge is 0.271 e. The summed E-state index contributed by atoms with van der Waals surface area (Å²) in [4.78, 5) is 23.8. The number of hydrogen-bond acceptors (Lipinski definition) is 4. The highest BCUT2D eigenvalue weighted by Gasteiger charge is 2.12. The van der Waals surface area contributed by atoms with Crippen molar-refractivity contribution in [3.63, 3.8) is 0 Å². The molecule has 0 saturated heterocycles. The van der Waals surface area contributed by atoms with Crippen LogP contribution in [0.2, 0.25) is 10.0 Å². The number of benzene rings is 2. The van der Waals surface area contributed by atoms with Gasteiger partial charge in [-0.15, -0.1) is 0 Å². The normalized spacial score (nSPS) is 9.96. The van der Waals surface area contributed by atoms with Crippen molar-refractivity contribution >= 4 is 40.7 Å². The number of rotatable bonds is 5. The van der Waals surface area contributed by atoms with Crippen molar-refractivity contribution in [1.82, 2.24) is 10.9 Å². The number of para-hydroxylation sites is 2. The first kappa shape index (κ1) is 17.9. The Bertz CT molecular complexity index is 753. The number of nitrogens with one attached hydrogen (secondary N) is 3. The Hall–Kier alpha value is -2.44. The summed E-state index contributed by atoms with van der Waals surface area (Å²) in [7, 11) is 1.54. The molecule has 8 heteroatoms. The second kappa shape index (κ2) is 8.42. The number of hydrogen-bond donors (Lipinski definition) is 3. The predicted molar refractivity (Wildman–Crippen MR) is 93.6 cm³/mol. The van der Waals surface area contributed by atoms with Crippen LogP contribution in [0.15, 0.2) is 42.5 Å². The van der Waals surface area contributed by atoms with Gasteiger partial charge < -0.3 is 10.1 Å². The number of amides is 2. The van der Waals surface area contributed by atoms with Crippen LogP contribution in [0.25, 0.3) is 0 Å². The minimum absolute atomic E-state index is 0.0466. The molecule has 0 atom stereocenters. The quantitative estimate of drug-likeness (QED) is 0.709. The summed E-state index contributed by atoms with van der Waals surface area (Å²) in [6.45, 7) is -0.0466. The lowest BCUT2D eigenvalue weighted by molar-refractivity contribution is -0.120. The Morgan fingerprint density at radius 2 is 1.83 bits per heavy atom. The molecule has 0 aliphatic carbocycles. The van der Waals surface area contributed by atoms with Gasteiger partial charge in [0.15, 0.2) is 0 Å². The fourth-order valence-electron chi connectivity index (χ4n) is 1.88. The van der Waals surface area contributed by atoms with Crippen LogP contribution < -0.4 is 20.9 Å². The standard InChI is InChI=1S/C16H15Cl2N3O3/c1-24-14-5-3-2-4-13(14)19-9-15(22)20-21-16(23)11-7-6-10(17)8-12(11)18/h2-8,19H,9H2,1H3,(H,20,22)(H,21,23). The average Bonchev–Trinajstić information content (AvgIpc) is 2.58. The lowest BCUT2D eigenvalue weighted by Gasteiger charge is -2.12. The van der Waals surface area contributed by atoms with Crippen LogP contribution in [0.4, 0.5) is 5.69 Å². The maximum atomic E-state index is 12.0. The van der Waals surface area contributed by atoms with Gasteiger partial charge in [-0.2, -0.15) is 0 Å². The van der Waals surface area contributed by atoms with Gasteiger partial charge in [-0.1, -0.05) is 35.3 Å². The second-order valence-electron chi connectivity index (χ2n) is 4.68. The van der Waals surface area contributed by atoms with Crippen LogP contribution in [0.3, 0.4) is 0 Å². The molecule has 126 valence electrons. The van der Waals surface area contributed by atoms with E-state index in [9.17, 15) is 9.59 Å². The number of anilines is 1. The van der Waals surface area contributed by atoms with Gasteiger partial charge in [0.1, 0.15) is 5.75 Å². The third-order valence-corrected chi connectivity index (χ3v) is 3.59. The van der Waals surface area contributed by atoms with E-state index in [-0.39, 0.29) is 17.1 Å². The summed E-state index contributed by atoms with van der Waals surface area (Å²) in [6, 6.07) is 11.6. The van der Waals surface area contributed by atoms with Gasteiger partial charge >= 0.3 is 0 Å². The van der Waals surface area contributed by atoms with E-state index in [2.05, 4.69) is 16.2 Å². The van der Waals surface area contributed by atoms with Gasteiger partial charge in [-0.05, 0) is 30.3 Å². The fourth-order valence-corrected chi connectivity index (χ4v) is 2.37. The summed E-state index contributed by atoms with van der Waals surface area (Å²) in [5.74, 6) is -0.357. The Kier molecular flexibility index (Phi) is 6.28. The Morgan fingerprint density at radius 3 is 2.54 bits per heavy atom. The van der Waals surface area contributed by atoms with Crippen molar-refractivity contribution in [2.45, 2.75) is 0 Å². The van der Waals surface area contributed by atoms with E-state index < -0.39 is 11.8 Å². The monoisotopic (exact) mass is 367 g/mol. The highest BCUT2D eigenvalue weighted by Crippen LogP contribution is 2.22. The Morgan fingerprint density at radius 1 is 1.08 bits per heavy atom. The number of ether oxygens (including phenoxy) is 1. The van der Waals surface area contributed by atoms with Crippen LogP contribution in [-0.2, 0) is 4.79 Å². The summed E-state index contributed by atoms with van der Waals surface area (Å²) in [5, 5.41) is 3.53. The number of carbonyl (C=O) groups excluding carboxylic acids is 2. The Labute approximate surface area is 149 Å². The minimum atomic E-state index is -0.540. The van der Waals surface area contributed by atoms with Gasteiger partial charge in [-0.3, -0.25) is 20.4 Å². The summed E-state index contributed by atoms with van der Waals surface area (Å²) in [6.07, 6.45) is 0. The van der Waals surface area contributed by atoms with E-state index >= 15 is 0 Å². The minimum Gasteiger partial charge on any atom is -0.495 e. The molecular weight excluding hydrogens is 353 g/mol. The number of halogens is 2. The molecule has 2 aromatic rings. The molecule has 0 spiro atoms. The van der Waals surface area contributed by atoms with Gasteiger partial charge in [0.05, 0.1) is 29.9 Å². The second-order valence-corrected chi connectivity index (χ2v) is 5.52. The van der Waals surface area contributed by atoms with E-state index in [1.165, 1.54) is 25.3 Å². The molecule has 2 rings (SSSR count). The lowest BCUT2D eigenvalue weighted by atomic mass is 10.2. The van der Waals surface area contributed by atoms with Crippen LogP contribution in [0.1, 0.15) is 10.4 Å². The zero-order chi connectivity index (χ0) is 17.5. The maximum absolute atomic E-state index is 12.0. The molecule has 6 nitrogen and oxygen atoms in total. The maximum Gasteiger partial charge on any atom is 0.271 e. The molecule has 2 aromatic carbocycles. The number of methoxy groups -OCH3 is 1. The van der Waals surface area contributed by atoms with Gasteiger partial charge in [0.25, 0.3) is 11.8 Å². The SMILES string of the molecule is COc1ccccc1NCC(=O)NNC(=O)c1ccc(Cl)cc1Cl. The first-order chi connectivity index (χ1) is 11.5. The number of hydrazine groups is 1. The summed E-state index contributed by atoms with van der Waals surface area (Å²) < 4.78 is 5.17. The summed E-state index contributed by atoms with van der Waals surface area (Å²) >= 11 is 11.7. The van der Waals surface area contributed by atoms with Gasteiger partial charge in [0, 0.05) is 5.02 Å². The van der Waals surface area contributed by atoms with Crippen molar-refractivity contribution in [2.75, 3.05) is 19.0 Å². The molecule has 0 bridgehead atoms. The van der Waals surface area contributed by atoms with Crippen LogP contribution in [0.5, 0.6) is 5.75 Å². The van der Waals surface area contributed by atoms with Crippen molar-refractivity contribution in [3.8, 4) is 5.75 Å². The molecule has 0 fully saturated rings. The van der Waals surface area contributed by atoms with E-state index in [1.54, 1.807) is 12.1 Å². The average molecular weight is 368 g/mol. The topological polar surface area (TPSA) is 79.5 Å². The molecule has 0 heterocycles. The van der Waals surface area contributed by atoms with E-state index in [1.807, 2.05) is 12.1 Å². The van der Waals surface area contributed by atoms with E-state index in [0.717, 1.165) is 0 Å². The molecule has 0 saturated carbocycles. The third kappa shape index (κ3) is 4.78. The van der Waals surface area contributed by atoms with Gasteiger partial charge in [-0.25, -0.2) is 0 Å². The fraction of sp³-hybridized carbons (Fsp3) is 0.125. The predicted octanol–water partition coefficient (Wildman–Crippen LogP) is 2.88. The zero-order valence-corrected chi connectivity index (χ0v) is 14.2. The van der Waals surface area contributed by atoms with Crippen LogP contribution in [-0.4, -0.2) is 25.5 Å². The zero-order valence-electron chi connectivity index (χ0n) is 12.7. The summed E-state index contributed by atoms with van der Waals surface area (Å²) in [5.41, 5.74) is 5.46. The molecular formula is C16H15Cl2N3O3. The van der Waals surface area contributed by atoms with E-state index in [4.69, 9.17) is 27.9 Å². The first-order valence-electron chi connectivity index (χ1n) is 6.92. The third-order valence-electron chi connectivity index (χ3n) is 3.04. The Balaban J connectivity index is 1.85. The lowest BCUT2D eigenvalue weighted by Crippen LogP contribution is -2.44. The molecule has 0 aliphatic rings. The van der Waals surface area contributed by atoms with Crippen molar-refractivity contribution < 1.29 is 14.3 Å². The van der Waals surface area contributed by atoms with E-state index in [0.29, 0.717) is 16.5 Å².